The molecule has 2 aromatic rings. The molecule has 2 aromatic carbocycles. The maximum absolute atomic E-state index is 11.9. The average molecular weight is 302 g/mol. The molecule has 1 atom stereocenters. The zero-order chi connectivity index (χ0) is 15.1. The van der Waals surface area contributed by atoms with E-state index in [1.54, 1.807) is 18.2 Å². The summed E-state index contributed by atoms with van der Waals surface area (Å²) < 4.78 is 0. The Morgan fingerprint density at radius 2 is 1.81 bits per heavy atom. The van der Waals surface area contributed by atoms with Gasteiger partial charge in [-0.3, -0.25) is 4.79 Å². The SMILES string of the molecule is O=C(/C=C/c1ccc(Cl)cc1)N[C@H](CO)c1ccccc1. The van der Waals surface area contributed by atoms with E-state index in [1.165, 1.54) is 6.08 Å². The monoisotopic (exact) mass is 301 g/mol. The summed E-state index contributed by atoms with van der Waals surface area (Å²) in [4.78, 5) is 11.9. The van der Waals surface area contributed by atoms with Gasteiger partial charge in [-0.15, -0.1) is 0 Å². The lowest BCUT2D eigenvalue weighted by molar-refractivity contribution is -0.117. The van der Waals surface area contributed by atoms with Gasteiger partial charge in [0.15, 0.2) is 0 Å². The minimum absolute atomic E-state index is 0.148. The second-order valence-electron chi connectivity index (χ2n) is 4.54. The molecule has 0 unspecified atom stereocenters. The number of rotatable bonds is 5. The summed E-state index contributed by atoms with van der Waals surface area (Å²) in [5.74, 6) is -0.257. The van der Waals surface area contributed by atoms with E-state index in [4.69, 9.17) is 11.6 Å². The minimum atomic E-state index is -0.409. The maximum Gasteiger partial charge on any atom is 0.244 e. The number of carbonyl (C=O) groups excluding carboxylic acids is 1. The Morgan fingerprint density at radius 3 is 2.43 bits per heavy atom. The number of amides is 1. The van der Waals surface area contributed by atoms with Crippen LogP contribution in [0.25, 0.3) is 6.08 Å². The second kappa shape index (κ2) is 7.62. The van der Waals surface area contributed by atoms with Crippen molar-refractivity contribution >= 4 is 23.6 Å². The Bertz CT molecular complexity index is 608. The summed E-state index contributed by atoms with van der Waals surface area (Å²) in [5, 5.41) is 12.8. The van der Waals surface area contributed by atoms with Gasteiger partial charge in [0, 0.05) is 11.1 Å². The van der Waals surface area contributed by atoms with Gasteiger partial charge < -0.3 is 10.4 Å². The van der Waals surface area contributed by atoms with Crippen LogP contribution < -0.4 is 5.32 Å². The first-order valence-electron chi connectivity index (χ1n) is 6.59. The Balaban J connectivity index is 1.98. The number of nitrogens with one attached hydrogen (secondary N) is 1. The van der Waals surface area contributed by atoms with Crippen LogP contribution in [0.4, 0.5) is 0 Å². The number of hydrogen-bond donors (Lipinski definition) is 2. The summed E-state index contributed by atoms with van der Waals surface area (Å²) >= 11 is 5.80. The van der Waals surface area contributed by atoms with Crippen molar-refractivity contribution in [2.75, 3.05) is 6.61 Å². The topological polar surface area (TPSA) is 49.3 Å². The molecule has 0 radical (unpaired) electrons. The highest BCUT2D eigenvalue weighted by Gasteiger charge is 2.11. The summed E-state index contributed by atoms with van der Waals surface area (Å²) in [5.41, 5.74) is 1.75. The van der Waals surface area contributed by atoms with Gasteiger partial charge in [0.05, 0.1) is 12.6 Å². The van der Waals surface area contributed by atoms with Crippen LogP contribution in [0.1, 0.15) is 17.2 Å². The molecular weight excluding hydrogens is 286 g/mol. The van der Waals surface area contributed by atoms with Crippen molar-refractivity contribution in [3.8, 4) is 0 Å². The van der Waals surface area contributed by atoms with Crippen LogP contribution in [-0.2, 0) is 4.79 Å². The molecule has 3 nitrogen and oxygen atoms in total. The number of benzene rings is 2. The van der Waals surface area contributed by atoms with Crippen molar-refractivity contribution in [2.24, 2.45) is 0 Å². The van der Waals surface area contributed by atoms with Crippen molar-refractivity contribution in [3.63, 3.8) is 0 Å². The predicted molar refractivity (Wildman–Crippen MR) is 84.9 cm³/mol. The summed E-state index contributed by atoms with van der Waals surface area (Å²) in [6, 6.07) is 16.1. The molecule has 0 saturated carbocycles. The third-order valence-electron chi connectivity index (χ3n) is 3.00. The Morgan fingerprint density at radius 1 is 1.14 bits per heavy atom. The fraction of sp³-hybridized carbons (Fsp3) is 0.118. The van der Waals surface area contributed by atoms with Crippen molar-refractivity contribution in [2.45, 2.75) is 6.04 Å². The first-order chi connectivity index (χ1) is 10.2. The molecule has 0 fully saturated rings. The Labute approximate surface area is 128 Å². The molecule has 0 saturated heterocycles. The number of hydrogen-bond acceptors (Lipinski definition) is 2. The molecule has 1 amide bonds. The molecule has 0 aliphatic rings. The van der Waals surface area contributed by atoms with Crippen molar-refractivity contribution in [1.82, 2.24) is 5.32 Å². The van der Waals surface area contributed by atoms with Crippen LogP contribution in [0.5, 0.6) is 0 Å². The van der Waals surface area contributed by atoms with E-state index in [0.29, 0.717) is 5.02 Å². The van der Waals surface area contributed by atoms with E-state index >= 15 is 0 Å². The molecule has 0 heterocycles. The fourth-order valence-electron chi connectivity index (χ4n) is 1.89. The van der Waals surface area contributed by atoms with Gasteiger partial charge >= 0.3 is 0 Å². The smallest absolute Gasteiger partial charge is 0.244 e. The third-order valence-corrected chi connectivity index (χ3v) is 3.25. The van der Waals surface area contributed by atoms with E-state index in [1.807, 2.05) is 42.5 Å². The first-order valence-corrected chi connectivity index (χ1v) is 6.97. The van der Waals surface area contributed by atoms with Gasteiger partial charge in [0.2, 0.25) is 5.91 Å². The summed E-state index contributed by atoms with van der Waals surface area (Å²) in [7, 11) is 0. The van der Waals surface area contributed by atoms with Crippen LogP contribution in [0, 0.1) is 0 Å². The van der Waals surface area contributed by atoms with Gasteiger partial charge in [-0.05, 0) is 29.3 Å². The van der Waals surface area contributed by atoms with Crippen LogP contribution >= 0.6 is 11.6 Å². The number of halogens is 1. The summed E-state index contributed by atoms with van der Waals surface area (Å²) in [6.45, 7) is -0.148. The van der Waals surface area contributed by atoms with Gasteiger partial charge in [0.25, 0.3) is 0 Å². The summed E-state index contributed by atoms with van der Waals surface area (Å²) in [6.07, 6.45) is 3.14. The molecule has 21 heavy (non-hydrogen) atoms. The van der Waals surface area contributed by atoms with Gasteiger partial charge in [-0.1, -0.05) is 54.1 Å². The molecule has 2 rings (SSSR count). The van der Waals surface area contributed by atoms with E-state index in [0.717, 1.165) is 11.1 Å². The van der Waals surface area contributed by atoms with Crippen LogP contribution in [-0.4, -0.2) is 17.6 Å². The van der Waals surface area contributed by atoms with Crippen molar-refractivity contribution in [3.05, 3.63) is 76.8 Å². The zero-order valence-corrected chi connectivity index (χ0v) is 12.1. The van der Waals surface area contributed by atoms with Crippen molar-refractivity contribution < 1.29 is 9.90 Å². The average Bonchev–Trinajstić information content (AvgIpc) is 2.53. The van der Waals surface area contributed by atoms with Crippen molar-refractivity contribution in [1.29, 1.82) is 0 Å². The van der Waals surface area contributed by atoms with E-state index in [9.17, 15) is 9.90 Å². The second-order valence-corrected chi connectivity index (χ2v) is 4.98. The molecule has 2 N–H and O–H groups in total. The molecule has 0 aliphatic carbocycles. The largest absolute Gasteiger partial charge is 0.394 e. The molecule has 108 valence electrons. The highest BCUT2D eigenvalue weighted by molar-refractivity contribution is 6.30. The zero-order valence-electron chi connectivity index (χ0n) is 11.4. The lowest BCUT2D eigenvalue weighted by Crippen LogP contribution is -2.29. The maximum atomic E-state index is 11.9. The minimum Gasteiger partial charge on any atom is -0.394 e. The predicted octanol–water partition coefficient (Wildman–Crippen LogP) is 3.20. The van der Waals surface area contributed by atoms with E-state index in [2.05, 4.69) is 5.32 Å². The molecule has 0 aliphatic heterocycles. The van der Waals surface area contributed by atoms with Crippen LogP contribution in [0.3, 0.4) is 0 Å². The van der Waals surface area contributed by atoms with Gasteiger partial charge in [-0.25, -0.2) is 0 Å². The lowest BCUT2D eigenvalue weighted by Gasteiger charge is -2.15. The Kier molecular flexibility index (Phi) is 5.55. The van der Waals surface area contributed by atoms with Gasteiger partial charge in [0.1, 0.15) is 0 Å². The van der Waals surface area contributed by atoms with E-state index in [-0.39, 0.29) is 12.5 Å². The van der Waals surface area contributed by atoms with Gasteiger partial charge in [-0.2, -0.15) is 0 Å². The highest BCUT2D eigenvalue weighted by Crippen LogP contribution is 2.12. The third kappa shape index (κ3) is 4.74. The molecule has 0 bridgehead atoms. The molecule has 0 spiro atoms. The number of aliphatic hydroxyl groups is 1. The number of carbonyl (C=O) groups is 1. The standard InChI is InChI=1S/C17H16ClNO2/c18-15-9-6-13(7-10-15)8-11-17(21)19-16(12-20)14-4-2-1-3-5-14/h1-11,16,20H,12H2,(H,19,21)/b11-8+/t16-/m1/s1. The number of aliphatic hydroxyl groups excluding tert-OH is 1. The van der Waals surface area contributed by atoms with Crippen LogP contribution in [0.15, 0.2) is 60.7 Å². The first kappa shape index (κ1) is 15.3. The molecule has 4 heteroatoms. The quantitative estimate of drug-likeness (QED) is 0.833. The Hall–Kier alpha value is -2.10. The van der Waals surface area contributed by atoms with Crippen LogP contribution in [0.2, 0.25) is 5.02 Å². The normalized spacial score (nSPS) is 12.3. The molecule has 0 aromatic heterocycles. The van der Waals surface area contributed by atoms with E-state index < -0.39 is 6.04 Å². The lowest BCUT2D eigenvalue weighted by atomic mass is 10.1. The highest BCUT2D eigenvalue weighted by atomic mass is 35.5. The fourth-order valence-corrected chi connectivity index (χ4v) is 2.01. The molecular formula is C17H16ClNO2.